The third-order valence-electron chi connectivity index (χ3n) is 1.19. The van der Waals surface area contributed by atoms with Gasteiger partial charge in [-0.25, -0.2) is 4.98 Å². The van der Waals surface area contributed by atoms with Crippen molar-refractivity contribution in [2.45, 2.75) is 10.1 Å². The van der Waals surface area contributed by atoms with Crippen LogP contribution in [0.2, 0.25) is 0 Å². The second kappa shape index (κ2) is 4.38. The van der Waals surface area contributed by atoms with E-state index in [2.05, 4.69) is 42.2 Å². The highest BCUT2D eigenvalue weighted by Crippen LogP contribution is 2.25. The number of nitrogens with zero attached hydrogens (tertiary/aromatic N) is 3. The molecule has 0 aliphatic heterocycles. The molecule has 0 radical (unpaired) electrons. The zero-order valence-electron chi connectivity index (χ0n) is 6.31. The van der Waals surface area contributed by atoms with E-state index >= 15 is 0 Å². The van der Waals surface area contributed by atoms with Crippen molar-refractivity contribution in [2.75, 3.05) is 0 Å². The summed E-state index contributed by atoms with van der Waals surface area (Å²) in [6.45, 7) is 0. The van der Waals surface area contributed by atoms with E-state index in [-0.39, 0.29) is 0 Å². The number of thiazole rings is 1. The quantitative estimate of drug-likeness (QED) is 0.641. The van der Waals surface area contributed by atoms with Crippen LogP contribution in [0.3, 0.4) is 0 Å². The third kappa shape index (κ3) is 2.64. The van der Waals surface area contributed by atoms with Gasteiger partial charge in [0.15, 0.2) is 10.2 Å². The van der Waals surface area contributed by atoms with Crippen molar-refractivity contribution in [3.8, 4) is 0 Å². The Morgan fingerprint density at radius 2 is 2.54 bits per heavy atom. The van der Waals surface area contributed by atoms with Crippen LogP contribution in [0.5, 0.6) is 0 Å². The highest BCUT2D eigenvalue weighted by atomic mass is 127. The Labute approximate surface area is 96.3 Å². The molecule has 0 amide bonds. The molecule has 2 rings (SSSR count). The van der Waals surface area contributed by atoms with Gasteiger partial charge in [-0.15, -0.1) is 11.3 Å². The SMILES string of the molecule is Ic1csc(SCc2ncon2)n1. The van der Waals surface area contributed by atoms with Crippen LogP contribution in [0.4, 0.5) is 0 Å². The smallest absolute Gasteiger partial charge is 0.213 e. The minimum Gasteiger partial charge on any atom is -0.343 e. The van der Waals surface area contributed by atoms with Crippen LogP contribution < -0.4 is 0 Å². The molecule has 0 fully saturated rings. The van der Waals surface area contributed by atoms with Crippen LogP contribution in [0.25, 0.3) is 0 Å². The van der Waals surface area contributed by atoms with Crippen molar-refractivity contribution in [3.05, 3.63) is 21.3 Å². The van der Waals surface area contributed by atoms with Gasteiger partial charge >= 0.3 is 0 Å². The van der Waals surface area contributed by atoms with Crippen molar-refractivity contribution in [2.24, 2.45) is 0 Å². The summed E-state index contributed by atoms with van der Waals surface area (Å²) in [5.41, 5.74) is 0. The van der Waals surface area contributed by atoms with Gasteiger partial charge < -0.3 is 4.52 Å². The zero-order valence-corrected chi connectivity index (χ0v) is 10.1. The van der Waals surface area contributed by atoms with Crippen molar-refractivity contribution < 1.29 is 4.52 Å². The summed E-state index contributed by atoms with van der Waals surface area (Å²) in [6, 6.07) is 0. The molecule has 0 N–H and O–H groups in total. The second-order valence-electron chi connectivity index (χ2n) is 2.07. The molecule has 0 atom stereocenters. The molecule has 0 bridgehead atoms. The van der Waals surface area contributed by atoms with Crippen LogP contribution in [-0.2, 0) is 5.75 Å². The van der Waals surface area contributed by atoms with E-state index in [4.69, 9.17) is 0 Å². The van der Waals surface area contributed by atoms with Gasteiger partial charge in [-0.1, -0.05) is 16.9 Å². The highest BCUT2D eigenvalue weighted by Gasteiger charge is 2.03. The Balaban J connectivity index is 1.93. The number of rotatable bonds is 3. The predicted octanol–water partition coefficient (Wildman–Crippen LogP) is 2.42. The summed E-state index contributed by atoms with van der Waals surface area (Å²) in [5, 5.41) is 5.72. The van der Waals surface area contributed by atoms with Crippen molar-refractivity contribution in [1.29, 1.82) is 0 Å². The Morgan fingerprint density at radius 1 is 1.62 bits per heavy atom. The summed E-state index contributed by atoms with van der Waals surface area (Å²) in [4.78, 5) is 8.21. The van der Waals surface area contributed by atoms with Crippen LogP contribution in [0.1, 0.15) is 5.82 Å². The number of halogens is 1. The molecule has 68 valence electrons. The number of hydrogen-bond donors (Lipinski definition) is 0. The summed E-state index contributed by atoms with van der Waals surface area (Å²) in [5.74, 6) is 1.41. The lowest BCUT2D eigenvalue weighted by atomic mass is 10.7. The van der Waals surface area contributed by atoms with Gasteiger partial charge in [0.05, 0.1) is 5.75 Å². The fourth-order valence-electron chi connectivity index (χ4n) is 0.688. The predicted molar refractivity (Wildman–Crippen MR) is 58.7 cm³/mol. The maximum absolute atomic E-state index is 4.62. The lowest BCUT2D eigenvalue weighted by molar-refractivity contribution is 0.412. The molecule has 0 saturated carbocycles. The first-order valence-electron chi connectivity index (χ1n) is 3.33. The molecule has 4 nitrogen and oxygen atoms in total. The minimum absolute atomic E-state index is 0.704. The topological polar surface area (TPSA) is 51.8 Å². The van der Waals surface area contributed by atoms with Crippen molar-refractivity contribution >= 4 is 45.7 Å². The molecule has 2 aromatic heterocycles. The van der Waals surface area contributed by atoms with Gasteiger partial charge in [0.2, 0.25) is 6.39 Å². The lowest BCUT2D eigenvalue weighted by Gasteiger charge is -1.89. The van der Waals surface area contributed by atoms with Crippen LogP contribution in [0, 0.1) is 3.70 Å². The van der Waals surface area contributed by atoms with E-state index in [9.17, 15) is 0 Å². The molecule has 2 heterocycles. The molecule has 0 aromatic carbocycles. The van der Waals surface area contributed by atoms with Crippen LogP contribution in [-0.4, -0.2) is 15.1 Å². The first kappa shape index (κ1) is 9.41. The molecule has 0 saturated heterocycles. The Kier molecular flexibility index (Phi) is 3.17. The summed E-state index contributed by atoms with van der Waals surface area (Å²) >= 11 is 5.44. The molecule has 0 spiro atoms. The molecular formula is C6H4IN3OS2. The fraction of sp³-hybridized carbons (Fsp3) is 0.167. The third-order valence-corrected chi connectivity index (χ3v) is 4.18. The van der Waals surface area contributed by atoms with Gasteiger partial charge in [0.25, 0.3) is 0 Å². The maximum Gasteiger partial charge on any atom is 0.213 e. The average molecular weight is 325 g/mol. The lowest BCUT2D eigenvalue weighted by Crippen LogP contribution is -1.82. The van der Waals surface area contributed by atoms with Crippen LogP contribution in [0.15, 0.2) is 20.6 Å². The minimum atomic E-state index is 0.704. The molecule has 13 heavy (non-hydrogen) atoms. The van der Waals surface area contributed by atoms with Gasteiger partial charge in [-0.3, -0.25) is 0 Å². The largest absolute Gasteiger partial charge is 0.343 e. The molecule has 7 heteroatoms. The average Bonchev–Trinajstić information content (AvgIpc) is 2.71. The van der Waals surface area contributed by atoms with Gasteiger partial charge in [-0.05, 0) is 22.6 Å². The molecule has 0 aliphatic carbocycles. The van der Waals surface area contributed by atoms with Gasteiger partial charge in [0, 0.05) is 5.38 Å². The maximum atomic E-state index is 4.62. The number of thioether (sulfide) groups is 1. The van der Waals surface area contributed by atoms with Crippen molar-refractivity contribution in [3.63, 3.8) is 0 Å². The fourth-order valence-corrected chi connectivity index (χ4v) is 3.18. The van der Waals surface area contributed by atoms with E-state index in [0.29, 0.717) is 11.6 Å². The second-order valence-corrected chi connectivity index (χ2v) is 5.26. The van der Waals surface area contributed by atoms with E-state index in [1.807, 2.05) is 5.38 Å². The first-order valence-corrected chi connectivity index (χ1v) is 6.28. The standard InChI is InChI=1S/C6H4IN3OS2/c7-4-1-12-6(9-4)13-2-5-8-3-11-10-5/h1,3H,2H2. The number of hydrogen-bond acceptors (Lipinski definition) is 6. The van der Waals surface area contributed by atoms with Gasteiger partial charge in [-0.2, -0.15) is 4.98 Å². The van der Waals surface area contributed by atoms with Crippen LogP contribution >= 0.6 is 45.7 Å². The van der Waals surface area contributed by atoms with E-state index in [1.54, 1.807) is 23.1 Å². The highest BCUT2D eigenvalue weighted by molar-refractivity contribution is 14.1. The van der Waals surface area contributed by atoms with E-state index in [1.165, 1.54) is 6.39 Å². The Bertz CT molecular complexity index is 375. The Hall–Kier alpha value is -0.150. The summed E-state index contributed by atoms with van der Waals surface area (Å²) < 4.78 is 6.68. The van der Waals surface area contributed by atoms with Gasteiger partial charge in [0.1, 0.15) is 3.70 Å². The monoisotopic (exact) mass is 325 g/mol. The Morgan fingerprint density at radius 3 is 3.15 bits per heavy atom. The number of aromatic nitrogens is 3. The molecular weight excluding hydrogens is 321 g/mol. The van der Waals surface area contributed by atoms with E-state index in [0.717, 1.165) is 8.04 Å². The summed E-state index contributed by atoms with van der Waals surface area (Å²) in [7, 11) is 0. The normalized spacial score (nSPS) is 10.5. The van der Waals surface area contributed by atoms with E-state index < -0.39 is 0 Å². The molecule has 2 aromatic rings. The molecule has 0 aliphatic rings. The molecule has 0 unspecified atom stereocenters. The zero-order chi connectivity index (χ0) is 9.10. The first-order chi connectivity index (χ1) is 6.34. The van der Waals surface area contributed by atoms with Crippen molar-refractivity contribution in [1.82, 2.24) is 15.1 Å². The summed E-state index contributed by atoms with van der Waals surface area (Å²) in [6.07, 6.45) is 1.33.